The zero-order chi connectivity index (χ0) is 14.0. The molecule has 0 aliphatic carbocycles. The zero-order valence-electron chi connectivity index (χ0n) is 11.6. The molecular formula is C14H18N4S. The molecule has 2 rings (SSSR count). The smallest absolute Gasteiger partial charge is 0.216 e. The number of aromatic amines is 1. The van der Waals surface area contributed by atoms with E-state index in [0.717, 1.165) is 11.4 Å². The zero-order valence-corrected chi connectivity index (χ0v) is 12.5. The Morgan fingerprint density at radius 2 is 1.89 bits per heavy atom. The van der Waals surface area contributed by atoms with Crippen LogP contribution in [0.2, 0.25) is 0 Å². The molecule has 1 aromatic heterocycles. The van der Waals surface area contributed by atoms with Crippen LogP contribution >= 0.6 is 12.2 Å². The van der Waals surface area contributed by atoms with E-state index in [1.165, 1.54) is 5.56 Å². The molecule has 0 aliphatic rings. The Kier molecular flexibility index (Phi) is 3.66. The molecule has 19 heavy (non-hydrogen) atoms. The summed E-state index contributed by atoms with van der Waals surface area (Å²) in [6.07, 6.45) is 1.79. The van der Waals surface area contributed by atoms with Crippen molar-refractivity contribution in [3.63, 3.8) is 0 Å². The minimum atomic E-state index is -0.113. The number of rotatable bonds is 2. The number of hydrogen-bond donors (Lipinski definition) is 1. The van der Waals surface area contributed by atoms with Gasteiger partial charge in [0.05, 0.1) is 6.21 Å². The average Bonchev–Trinajstić information content (AvgIpc) is 2.70. The molecule has 0 saturated carbocycles. The molecule has 0 radical (unpaired) electrons. The molecule has 1 aromatic carbocycles. The van der Waals surface area contributed by atoms with Crippen LogP contribution in [-0.4, -0.2) is 21.1 Å². The van der Waals surface area contributed by atoms with Crippen LogP contribution in [0, 0.1) is 11.7 Å². The van der Waals surface area contributed by atoms with Gasteiger partial charge in [-0.1, -0.05) is 50.6 Å². The lowest BCUT2D eigenvalue weighted by molar-refractivity contribution is 0.516. The van der Waals surface area contributed by atoms with Crippen molar-refractivity contribution in [2.45, 2.75) is 33.1 Å². The maximum absolute atomic E-state index is 5.21. The summed E-state index contributed by atoms with van der Waals surface area (Å²) in [5.74, 6) is 0.820. The fourth-order valence-electron chi connectivity index (χ4n) is 1.66. The highest BCUT2D eigenvalue weighted by Crippen LogP contribution is 2.19. The van der Waals surface area contributed by atoms with E-state index in [0.29, 0.717) is 4.77 Å². The topological polar surface area (TPSA) is 46.0 Å². The molecule has 0 amide bonds. The van der Waals surface area contributed by atoms with Gasteiger partial charge in [0.2, 0.25) is 4.77 Å². The van der Waals surface area contributed by atoms with E-state index in [9.17, 15) is 0 Å². The van der Waals surface area contributed by atoms with Gasteiger partial charge in [-0.3, -0.25) is 5.10 Å². The van der Waals surface area contributed by atoms with E-state index in [-0.39, 0.29) is 5.41 Å². The van der Waals surface area contributed by atoms with Gasteiger partial charge in [-0.15, -0.1) is 0 Å². The van der Waals surface area contributed by atoms with Gasteiger partial charge in [-0.05, 0) is 24.7 Å². The minimum absolute atomic E-state index is 0.113. The molecule has 0 bridgehead atoms. The Morgan fingerprint density at radius 3 is 2.47 bits per heavy atom. The molecular weight excluding hydrogens is 256 g/mol. The van der Waals surface area contributed by atoms with Crippen LogP contribution in [0.15, 0.2) is 29.4 Å². The second kappa shape index (κ2) is 5.09. The first kappa shape index (κ1) is 13.7. The van der Waals surface area contributed by atoms with Gasteiger partial charge >= 0.3 is 0 Å². The van der Waals surface area contributed by atoms with Crippen molar-refractivity contribution in [3.8, 4) is 0 Å². The van der Waals surface area contributed by atoms with Crippen LogP contribution in [0.25, 0.3) is 0 Å². The van der Waals surface area contributed by atoms with E-state index in [4.69, 9.17) is 12.2 Å². The largest absolute Gasteiger partial charge is 0.250 e. The molecule has 100 valence electrons. The summed E-state index contributed by atoms with van der Waals surface area (Å²) in [5.41, 5.74) is 2.15. The maximum Gasteiger partial charge on any atom is 0.216 e. The molecule has 1 heterocycles. The van der Waals surface area contributed by atoms with Crippen molar-refractivity contribution < 1.29 is 0 Å². The predicted octanol–water partition coefficient (Wildman–Crippen LogP) is 3.43. The highest BCUT2D eigenvalue weighted by atomic mass is 32.1. The van der Waals surface area contributed by atoms with E-state index in [2.05, 4.69) is 55.1 Å². The third kappa shape index (κ3) is 3.17. The third-order valence-electron chi connectivity index (χ3n) is 2.72. The Labute approximate surface area is 118 Å². The molecule has 2 aromatic rings. The molecule has 0 aliphatic heterocycles. The summed E-state index contributed by atoms with van der Waals surface area (Å²) in [6, 6.07) is 8.17. The van der Waals surface area contributed by atoms with Crippen molar-refractivity contribution in [1.29, 1.82) is 0 Å². The van der Waals surface area contributed by atoms with Gasteiger partial charge in [0.1, 0.15) is 0 Å². The third-order valence-corrected chi connectivity index (χ3v) is 2.99. The van der Waals surface area contributed by atoms with E-state index >= 15 is 0 Å². The van der Waals surface area contributed by atoms with Gasteiger partial charge in [-0.2, -0.15) is 14.9 Å². The second-order valence-corrected chi connectivity index (χ2v) is 5.96. The average molecular weight is 274 g/mol. The summed E-state index contributed by atoms with van der Waals surface area (Å²) in [5, 5.41) is 11.5. The van der Waals surface area contributed by atoms with Crippen LogP contribution in [0.3, 0.4) is 0 Å². The molecule has 0 atom stereocenters. The summed E-state index contributed by atoms with van der Waals surface area (Å²) < 4.78 is 2.18. The molecule has 0 saturated heterocycles. The highest BCUT2D eigenvalue weighted by Gasteiger charge is 2.21. The lowest BCUT2D eigenvalue weighted by Crippen LogP contribution is -2.17. The Bertz CT molecular complexity index is 641. The van der Waals surface area contributed by atoms with Crippen LogP contribution in [-0.2, 0) is 5.41 Å². The first-order chi connectivity index (χ1) is 8.88. The van der Waals surface area contributed by atoms with Crippen molar-refractivity contribution in [3.05, 3.63) is 46.0 Å². The number of nitrogens with zero attached hydrogens (tertiary/aromatic N) is 3. The first-order valence-electron chi connectivity index (χ1n) is 6.17. The van der Waals surface area contributed by atoms with Gasteiger partial charge in [0.15, 0.2) is 5.82 Å². The summed E-state index contributed by atoms with van der Waals surface area (Å²) in [4.78, 5) is 0. The van der Waals surface area contributed by atoms with E-state index < -0.39 is 0 Å². The van der Waals surface area contributed by atoms with Crippen LogP contribution in [0.1, 0.15) is 37.7 Å². The summed E-state index contributed by atoms with van der Waals surface area (Å²) >= 11 is 5.21. The number of aromatic nitrogens is 3. The SMILES string of the molecule is Cc1ccc(/C=N\n2c(C(C)(C)C)n[nH]c2=S)cc1. The molecule has 0 unspecified atom stereocenters. The number of H-pyrrole nitrogens is 1. The Hall–Kier alpha value is -1.75. The van der Waals surface area contributed by atoms with Crippen molar-refractivity contribution >= 4 is 18.4 Å². The number of hydrogen-bond acceptors (Lipinski definition) is 3. The van der Waals surface area contributed by atoms with Gasteiger partial charge in [-0.25, -0.2) is 0 Å². The van der Waals surface area contributed by atoms with Crippen LogP contribution in [0.5, 0.6) is 0 Å². The number of benzene rings is 1. The minimum Gasteiger partial charge on any atom is -0.250 e. The highest BCUT2D eigenvalue weighted by molar-refractivity contribution is 7.71. The fraction of sp³-hybridized carbons (Fsp3) is 0.357. The van der Waals surface area contributed by atoms with Crippen molar-refractivity contribution in [2.24, 2.45) is 5.10 Å². The van der Waals surface area contributed by atoms with Crippen molar-refractivity contribution in [2.75, 3.05) is 0 Å². The van der Waals surface area contributed by atoms with Crippen LogP contribution in [0.4, 0.5) is 0 Å². The van der Waals surface area contributed by atoms with E-state index in [1.54, 1.807) is 10.9 Å². The number of aryl methyl sites for hydroxylation is 1. The lowest BCUT2D eigenvalue weighted by Gasteiger charge is -2.15. The van der Waals surface area contributed by atoms with Gasteiger partial charge in [0, 0.05) is 5.41 Å². The fourth-order valence-corrected chi connectivity index (χ4v) is 1.84. The predicted molar refractivity (Wildman–Crippen MR) is 80.3 cm³/mol. The molecule has 1 N–H and O–H groups in total. The summed E-state index contributed by atoms with van der Waals surface area (Å²) in [6.45, 7) is 8.30. The summed E-state index contributed by atoms with van der Waals surface area (Å²) in [7, 11) is 0. The molecule has 0 spiro atoms. The molecule has 4 nitrogen and oxygen atoms in total. The first-order valence-corrected chi connectivity index (χ1v) is 6.58. The Balaban J connectivity index is 2.36. The maximum atomic E-state index is 5.21. The monoisotopic (exact) mass is 274 g/mol. The van der Waals surface area contributed by atoms with E-state index in [1.807, 2.05) is 12.1 Å². The quantitative estimate of drug-likeness (QED) is 0.673. The second-order valence-electron chi connectivity index (χ2n) is 5.57. The van der Waals surface area contributed by atoms with Gasteiger partial charge < -0.3 is 0 Å². The lowest BCUT2D eigenvalue weighted by atomic mass is 9.96. The van der Waals surface area contributed by atoms with Crippen LogP contribution < -0.4 is 0 Å². The molecule has 0 fully saturated rings. The van der Waals surface area contributed by atoms with Gasteiger partial charge in [0.25, 0.3) is 0 Å². The molecule has 5 heteroatoms. The Morgan fingerprint density at radius 1 is 1.26 bits per heavy atom. The standard InChI is InChI=1S/C14H18N4S/c1-10-5-7-11(8-6-10)9-15-18-12(14(2,3)4)16-17-13(18)19/h5-9H,1-4H3,(H,17,19)/b15-9-. The normalized spacial score (nSPS) is 12.2. The van der Waals surface area contributed by atoms with Crippen molar-refractivity contribution in [1.82, 2.24) is 14.9 Å². The number of nitrogens with one attached hydrogen (secondary N) is 1.